The third kappa shape index (κ3) is 3.34. The number of carbonyl (C=O) groups is 1. The summed E-state index contributed by atoms with van der Waals surface area (Å²) in [6.07, 6.45) is 0.948. The van der Waals surface area contributed by atoms with Gasteiger partial charge in [-0.2, -0.15) is 0 Å². The summed E-state index contributed by atoms with van der Waals surface area (Å²) in [5.41, 5.74) is -0.886. The van der Waals surface area contributed by atoms with Crippen molar-refractivity contribution in [2.75, 3.05) is 6.61 Å². The van der Waals surface area contributed by atoms with Gasteiger partial charge in [-0.3, -0.25) is 4.79 Å². The van der Waals surface area contributed by atoms with E-state index in [4.69, 9.17) is 4.84 Å². The molecule has 0 amide bonds. The van der Waals surface area contributed by atoms with Gasteiger partial charge < -0.3 is 9.68 Å². The number of hydrogen-bond donors (Lipinski definition) is 0. The van der Waals surface area contributed by atoms with E-state index < -0.39 is 10.6 Å². The third-order valence-electron chi connectivity index (χ3n) is 3.68. The van der Waals surface area contributed by atoms with Crippen LogP contribution in [0.1, 0.15) is 47.5 Å². The molecule has 0 bridgehead atoms. The highest BCUT2D eigenvalue weighted by molar-refractivity contribution is 5.68. The van der Waals surface area contributed by atoms with Gasteiger partial charge in [-0.05, 0) is 34.1 Å². The number of hydroxylamine groups is 2. The maximum absolute atomic E-state index is 11.5. The Morgan fingerprint density at radius 2 is 2.00 bits per heavy atom. The Balaban J connectivity index is 2.85. The fraction of sp³-hybridized carbons (Fsp3) is 0.917. The van der Waals surface area contributed by atoms with Gasteiger partial charge in [-0.15, -0.1) is 15.2 Å². The summed E-state index contributed by atoms with van der Waals surface area (Å²) >= 11 is 0. The molecule has 0 aromatic heterocycles. The fourth-order valence-corrected chi connectivity index (χ4v) is 2.70. The van der Waals surface area contributed by atoms with Crippen molar-refractivity contribution >= 4 is 5.97 Å². The van der Waals surface area contributed by atoms with E-state index in [1.165, 1.54) is 0 Å². The minimum atomic E-state index is -0.788. The van der Waals surface area contributed by atoms with E-state index in [1.807, 2.05) is 27.7 Å². The van der Waals surface area contributed by atoms with Crippen LogP contribution in [-0.2, 0) is 14.5 Å². The smallest absolute Gasteiger partial charge is 0.324 e. The summed E-state index contributed by atoms with van der Waals surface area (Å²) < 4.78 is 0. The minimum Gasteiger partial charge on any atom is -0.367 e. The topological polar surface area (TPSA) is 81.9 Å². The Morgan fingerprint density at radius 3 is 2.47 bits per heavy atom. The molecule has 19 heavy (non-hydrogen) atoms. The largest absolute Gasteiger partial charge is 0.367 e. The molecule has 0 saturated carbocycles. The summed E-state index contributed by atoms with van der Waals surface area (Å²) in [6.45, 7) is 9.43. The second-order valence-corrected chi connectivity index (χ2v) is 6.00. The van der Waals surface area contributed by atoms with Gasteiger partial charge in [0.15, 0.2) is 0 Å². The van der Waals surface area contributed by atoms with Crippen LogP contribution in [0.15, 0.2) is 0 Å². The van der Waals surface area contributed by atoms with Gasteiger partial charge in [-0.25, -0.2) is 0 Å². The van der Waals surface area contributed by atoms with Crippen LogP contribution >= 0.6 is 0 Å². The van der Waals surface area contributed by atoms with Gasteiger partial charge in [-0.1, -0.05) is 6.92 Å². The van der Waals surface area contributed by atoms with Gasteiger partial charge in [0.2, 0.25) is 0 Å². The molecule has 0 N–H and O–H groups in total. The molecule has 0 radical (unpaired) electrons. The molecule has 1 aliphatic rings. The molecule has 7 heteroatoms. The minimum absolute atomic E-state index is 0.00358. The predicted octanol–water partition coefficient (Wildman–Crippen LogP) is 1.94. The van der Waals surface area contributed by atoms with Crippen LogP contribution in [0.5, 0.6) is 0 Å². The first-order valence-electron chi connectivity index (χ1n) is 6.39. The zero-order valence-corrected chi connectivity index (χ0v) is 12.1. The fourth-order valence-electron chi connectivity index (χ4n) is 2.70. The molecule has 0 aromatic carbocycles. The molecule has 1 rings (SSSR count). The van der Waals surface area contributed by atoms with Crippen LogP contribution in [-0.4, -0.2) is 33.8 Å². The first kappa shape index (κ1) is 15.7. The lowest BCUT2D eigenvalue weighted by molar-refractivity contribution is -0.759. The standard InChI is InChI=1S/C12H22N2O5/c1-6-10(15)19-13-11(2,3)7-9(12(13,4)5)8-18-14(16)17/h9H,6-8H2,1-5H3. The van der Waals surface area contributed by atoms with Crippen molar-refractivity contribution < 1.29 is 19.6 Å². The quantitative estimate of drug-likeness (QED) is 0.563. The number of carbonyl (C=O) groups excluding carboxylic acids is 1. The molecule has 110 valence electrons. The zero-order valence-electron chi connectivity index (χ0n) is 12.1. The Morgan fingerprint density at radius 1 is 1.42 bits per heavy atom. The lowest BCUT2D eigenvalue weighted by Crippen LogP contribution is -2.51. The Labute approximate surface area is 112 Å². The van der Waals surface area contributed by atoms with E-state index in [0.717, 1.165) is 0 Å². The highest BCUT2D eigenvalue weighted by atomic mass is 16.9. The van der Waals surface area contributed by atoms with Crippen LogP contribution < -0.4 is 0 Å². The predicted molar refractivity (Wildman–Crippen MR) is 67.4 cm³/mol. The molecule has 1 atom stereocenters. The second-order valence-electron chi connectivity index (χ2n) is 6.00. The van der Waals surface area contributed by atoms with E-state index >= 15 is 0 Å². The third-order valence-corrected chi connectivity index (χ3v) is 3.68. The molecule has 0 spiro atoms. The lowest BCUT2D eigenvalue weighted by atomic mass is 9.88. The summed E-state index contributed by atoms with van der Waals surface area (Å²) in [5.74, 6) is -0.394. The SMILES string of the molecule is CCC(=O)ON1C(C)(C)CC(CO[N+](=O)[O-])C1(C)C. The molecular formula is C12H22N2O5. The van der Waals surface area contributed by atoms with Gasteiger partial charge in [0.05, 0.1) is 11.1 Å². The van der Waals surface area contributed by atoms with Crippen molar-refractivity contribution in [1.29, 1.82) is 0 Å². The number of hydrogen-bond acceptors (Lipinski definition) is 6. The average molecular weight is 274 g/mol. The first-order chi connectivity index (χ1) is 8.61. The van der Waals surface area contributed by atoms with E-state index in [1.54, 1.807) is 12.0 Å². The van der Waals surface area contributed by atoms with E-state index in [0.29, 0.717) is 12.8 Å². The number of rotatable bonds is 5. The summed E-state index contributed by atoms with van der Waals surface area (Å²) in [7, 11) is 0. The van der Waals surface area contributed by atoms with Gasteiger partial charge in [0.1, 0.15) is 6.61 Å². The van der Waals surface area contributed by atoms with Crippen molar-refractivity contribution in [2.45, 2.75) is 58.5 Å². The molecule has 1 saturated heterocycles. The van der Waals surface area contributed by atoms with Gasteiger partial charge in [0.25, 0.3) is 5.09 Å². The van der Waals surface area contributed by atoms with Gasteiger partial charge in [0, 0.05) is 12.3 Å². The van der Waals surface area contributed by atoms with Crippen molar-refractivity contribution in [3.63, 3.8) is 0 Å². The van der Waals surface area contributed by atoms with Crippen LogP contribution in [0.4, 0.5) is 0 Å². The molecular weight excluding hydrogens is 252 g/mol. The summed E-state index contributed by atoms with van der Waals surface area (Å²) in [4.78, 5) is 31.7. The van der Waals surface area contributed by atoms with Crippen LogP contribution in [0, 0.1) is 16.0 Å². The molecule has 1 heterocycles. The molecule has 0 aromatic rings. The zero-order chi connectivity index (χ0) is 14.8. The highest BCUT2D eigenvalue weighted by Crippen LogP contribution is 2.45. The first-order valence-corrected chi connectivity index (χ1v) is 6.39. The van der Waals surface area contributed by atoms with Crippen molar-refractivity contribution in [1.82, 2.24) is 5.06 Å². The summed E-state index contributed by atoms with van der Waals surface area (Å²) in [5, 5.41) is 11.2. The van der Waals surface area contributed by atoms with Crippen molar-refractivity contribution in [3.8, 4) is 0 Å². The molecule has 7 nitrogen and oxygen atoms in total. The average Bonchev–Trinajstić information content (AvgIpc) is 2.45. The van der Waals surface area contributed by atoms with E-state index in [2.05, 4.69) is 4.84 Å². The Bertz CT molecular complexity index is 367. The molecule has 0 aliphatic carbocycles. The van der Waals surface area contributed by atoms with Crippen LogP contribution in [0.3, 0.4) is 0 Å². The highest BCUT2D eigenvalue weighted by Gasteiger charge is 2.54. The molecule has 1 fully saturated rings. The van der Waals surface area contributed by atoms with Gasteiger partial charge >= 0.3 is 5.97 Å². The van der Waals surface area contributed by atoms with Crippen molar-refractivity contribution in [3.05, 3.63) is 10.1 Å². The normalized spacial score (nSPS) is 25.0. The van der Waals surface area contributed by atoms with E-state index in [-0.39, 0.29) is 24.0 Å². The second kappa shape index (κ2) is 5.32. The maximum Gasteiger partial charge on any atom is 0.324 e. The monoisotopic (exact) mass is 274 g/mol. The molecule has 1 aliphatic heterocycles. The Hall–Kier alpha value is -1.37. The summed E-state index contributed by atoms with van der Waals surface area (Å²) in [6, 6.07) is 0. The Kier molecular flexibility index (Phi) is 4.39. The maximum atomic E-state index is 11.5. The van der Waals surface area contributed by atoms with Crippen LogP contribution in [0.25, 0.3) is 0 Å². The number of nitrogens with zero attached hydrogens (tertiary/aromatic N) is 2. The van der Waals surface area contributed by atoms with Crippen molar-refractivity contribution in [2.24, 2.45) is 5.92 Å². The van der Waals surface area contributed by atoms with E-state index in [9.17, 15) is 14.9 Å². The molecule has 1 unspecified atom stereocenters. The van der Waals surface area contributed by atoms with Crippen LogP contribution in [0.2, 0.25) is 0 Å². The lowest BCUT2D eigenvalue weighted by Gasteiger charge is -2.39.